The van der Waals surface area contributed by atoms with Crippen LogP contribution in [0.2, 0.25) is 0 Å². The topological polar surface area (TPSA) is 73.9 Å². The van der Waals surface area contributed by atoms with Gasteiger partial charge in [-0.1, -0.05) is 9.55 Å². The molecule has 1 unspecified atom stereocenters. The molecule has 0 saturated carbocycles. The lowest BCUT2D eigenvalue weighted by Gasteiger charge is -2.25. The minimum absolute atomic E-state index is 0.364. The summed E-state index contributed by atoms with van der Waals surface area (Å²) in [6.07, 6.45) is 1.51. The first-order valence-corrected chi connectivity index (χ1v) is 7.77. The van der Waals surface area contributed by atoms with E-state index >= 15 is 0 Å². The second-order valence-electron chi connectivity index (χ2n) is 5.70. The van der Waals surface area contributed by atoms with Crippen molar-refractivity contribution < 1.29 is 13.8 Å². The fourth-order valence-electron chi connectivity index (χ4n) is 1.70. The average Bonchev–Trinajstić information content (AvgIpc) is 2.83. The van der Waals surface area contributed by atoms with E-state index in [0.717, 1.165) is 32.1 Å². The van der Waals surface area contributed by atoms with E-state index in [-0.39, 0.29) is 4.75 Å². The highest BCUT2D eigenvalue weighted by Crippen LogP contribution is 2.17. The SMILES string of the molecule is CC(C)(C)[S+]([O-])/N=C/c1cc(CN2CCOCC2)on1. The standard InChI is InChI=1S/C13H21N3O3S/c1-13(2,3)20(17)14-9-11-8-12(19-15-11)10-16-4-6-18-7-5-16/h8-9H,4-7,10H2,1-3H3/b14-9+. The van der Waals surface area contributed by atoms with Crippen molar-refractivity contribution >= 4 is 17.6 Å². The highest BCUT2D eigenvalue weighted by molar-refractivity contribution is 7.91. The minimum Gasteiger partial charge on any atom is -0.591 e. The highest BCUT2D eigenvalue weighted by Gasteiger charge is 2.26. The van der Waals surface area contributed by atoms with Gasteiger partial charge in [0.15, 0.2) is 5.76 Å². The molecule has 0 aromatic carbocycles. The zero-order chi connectivity index (χ0) is 14.6. The number of morpholine rings is 1. The van der Waals surface area contributed by atoms with Crippen molar-refractivity contribution in [1.82, 2.24) is 10.1 Å². The Kier molecular flexibility index (Phi) is 5.20. The molecule has 1 aromatic heterocycles. The van der Waals surface area contributed by atoms with Gasteiger partial charge >= 0.3 is 0 Å². The molecule has 0 N–H and O–H groups in total. The van der Waals surface area contributed by atoms with Crippen molar-refractivity contribution in [3.8, 4) is 0 Å². The normalized spacial score (nSPS) is 19.6. The Morgan fingerprint density at radius 3 is 2.80 bits per heavy atom. The lowest BCUT2D eigenvalue weighted by atomic mass is 10.3. The van der Waals surface area contributed by atoms with Crippen LogP contribution in [-0.4, -0.2) is 51.9 Å². The summed E-state index contributed by atoms with van der Waals surface area (Å²) in [5, 5.41) is 3.92. The van der Waals surface area contributed by atoms with Crippen LogP contribution in [0.25, 0.3) is 0 Å². The van der Waals surface area contributed by atoms with E-state index < -0.39 is 11.4 Å². The van der Waals surface area contributed by atoms with Gasteiger partial charge in [0.2, 0.25) is 0 Å². The Morgan fingerprint density at radius 1 is 1.45 bits per heavy atom. The number of hydrogen-bond acceptors (Lipinski definition) is 6. The van der Waals surface area contributed by atoms with Gasteiger partial charge in [0.1, 0.15) is 28.0 Å². The van der Waals surface area contributed by atoms with Crippen molar-refractivity contribution in [3.05, 3.63) is 17.5 Å². The Bertz CT molecular complexity index is 450. The van der Waals surface area contributed by atoms with Crippen LogP contribution in [0.1, 0.15) is 32.2 Å². The lowest BCUT2D eigenvalue weighted by molar-refractivity contribution is 0.0305. The monoisotopic (exact) mass is 299 g/mol. The quantitative estimate of drug-likeness (QED) is 0.620. The van der Waals surface area contributed by atoms with Crippen LogP contribution in [0, 0.1) is 0 Å². The van der Waals surface area contributed by atoms with E-state index in [0.29, 0.717) is 12.2 Å². The van der Waals surface area contributed by atoms with Crippen molar-refractivity contribution in [1.29, 1.82) is 0 Å². The summed E-state index contributed by atoms with van der Waals surface area (Å²) in [4.78, 5) is 2.25. The third-order valence-corrected chi connectivity index (χ3v) is 4.21. The smallest absolute Gasteiger partial charge is 0.151 e. The molecule has 1 aliphatic heterocycles. The molecule has 0 bridgehead atoms. The molecule has 0 amide bonds. The third-order valence-electron chi connectivity index (χ3n) is 2.86. The summed E-state index contributed by atoms with van der Waals surface area (Å²) in [7, 11) is 0. The van der Waals surface area contributed by atoms with Gasteiger partial charge in [0.05, 0.1) is 19.8 Å². The highest BCUT2D eigenvalue weighted by atomic mass is 32.2. The van der Waals surface area contributed by atoms with Gasteiger partial charge in [-0.05, 0) is 20.8 Å². The first-order valence-electron chi connectivity index (χ1n) is 6.67. The molecule has 1 aliphatic rings. The van der Waals surface area contributed by atoms with Crippen molar-refractivity contribution in [2.75, 3.05) is 26.3 Å². The van der Waals surface area contributed by atoms with Gasteiger partial charge in [-0.3, -0.25) is 4.90 Å². The second kappa shape index (κ2) is 6.71. The summed E-state index contributed by atoms with van der Waals surface area (Å²) < 4.78 is 26.0. The molecule has 2 rings (SSSR count). The molecule has 1 fully saturated rings. The molecule has 6 nitrogen and oxygen atoms in total. The molecule has 0 radical (unpaired) electrons. The number of nitrogens with zero attached hydrogens (tertiary/aromatic N) is 3. The van der Waals surface area contributed by atoms with Gasteiger partial charge in [-0.25, -0.2) is 0 Å². The van der Waals surface area contributed by atoms with Crippen LogP contribution in [0.5, 0.6) is 0 Å². The van der Waals surface area contributed by atoms with E-state index in [1.165, 1.54) is 6.21 Å². The summed E-state index contributed by atoms with van der Waals surface area (Å²) >= 11 is -1.27. The lowest BCUT2D eigenvalue weighted by Crippen LogP contribution is -2.35. The van der Waals surface area contributed by atoms with Crippen LogP contribution in [-0.2, 0) is 22.6 Å². The zero-order valence-electron chi connectivity index (χ0n) is 12.2. The molecule has 1 atom stereocenters. The van der Waals surface area contributed by atoms with E-state index in [1.54, 1.807) is 0 Å². The Hall–Kier alpha value is -0.890. The Labute approximate surface area is 122 Å². The molecular weight excluding hydrogens is 278 g/mol. The molecular formula is C13H21N3O3S. The Balaban J connectivity index is 1.90. The maximum Gasteiger partial charge on any atom is 0.151 e. The van der Waals surface area contributed by atoms with Gasteiger partial charge < -0.3 is 13.8 Å². The fraction of sp³-hybridized carbons (Fsp3) is 0.692. The fourth-order valence-corrected chi connectivity index (χ4v) is 2.22. The summed E-state index contributed by atoms with van der Waals surface area (Å²) in [6.45, 7) is 9.68. The van der Waals surface area contributed by atoms with E-state index in [2.05, 4.69) is 14.5 Å². The molecule has 7 heteroatoms. The van der Waals surface area contributed by atoms with Crippen LogP contribution in [0.15, 0.2) is 15.0 Å². The summed E-state index contributed by atoms with van der Waals surface area (Å²) in [5.74, 6) is 0.787. The predicted octanol–water partition coefficient (Wildman–Crippen LogP) is 1.39. The van der Waals surface area contributed by atoms with Gasteiger partial charge in [0, 0.05) is 19.2 Å². The average molecular weight is 299 g/mol. The number of rotatable bonds is 4. The maximum atomic E-state index is 11.8. The van der Waals surface area contributed by atoms with Crippen LogP contribution in [0.4, 0.5) is 0 Å². The molecule has 1 aromatic rings. The Morgan fingerprint density at radius 2 is 2.15 bits per heavy atom. The number of hydrogen-bond donors (Lipinski definition) is 0. The van der Waals surface area contributed by atoms with Crippen molar-refractivity contribution in [2.45, 2.75) is 32.1 Å². The first kappa shape index (κ1) is 15.5. The molecule has 20 heavy (non-hydrogen) atoms. The molecule has 2 heterocycles. The molecule has 112 valence electrons. The van der Waals surface area contributed by atoms with Gasteiger partial charge in [-0.15, -0.1) is 0 Å². The molecule has 0 spiro atoms. The third kappa shape index (κ3) is 4.59. The minimum atomic E-state index is -1.27. The second-order valence-corrected chi connectivity index (χ2v) is 7.64. The van der Waals surface area contributed by atoms with Crippen LogP contribution >= 0.6 is 0 Å². The molecule has 0 aliphatic carbocycles. The number of ether oxygens (including phenoxy) is 1. The first-order chi connectivity index (χ1) is 9.45. The van der Waals surface area contributed by atoms with Gasteiger partial charge in [-0.2, -0.15) is 0 Å². The maximum absolute atomic E-state index is 11.8. The van der Waals surface area contributed by atoms with E-state index in [9.17, 15) is 4.55 Å². The molecule has 1 saturated heterocycles. The van der Waals surface area contributed by atoms with Crippen molar-refractivity contribution in [2.24, 2.45) is 4.40 Å². The van der Waals surface area contributed by atoms with Crippen LogP contribution in [0.3, 0.4) is 0 Å². The van der Waals surface area contributed by atoms with Gasteiger partial charge in [0.25, 0.3) is 0 Å². The predicted molar refractivity (Wildman–Crippen MR) is 78.1 cm³/mol. The number of aromatic nitrogens is 1. The van der Waals surface area contributed by atoms with Crippen molar-refractivity contribution in [3.63, 3.8) is 0 Å². The van der Waals surface area contributed by atoms with E-state index in [1.807, 2.05) is 26.8 Å². The zero-order valence-corrected chi connectivity index (χ0v) is 13.0. The summed E-state index contributed by atoms with van der Waals surface area (Å²) in [5.41, 5.74) is 0.603. The van der Waals surface area contributed by atoms with E-state index in [4.69, 9.17) is 9.26 Å². The summed E-state index contributed by atoms with van der Waals surface area (Å²) in [6, 6.07) is 1.83. The largest absolute Gasteiger partial charge is 0.591 e. The van der Waals surface area contributed by atoms with Crippen LogP contribution < -0.4 is 0 Å².